The average molecular weight is 158 g/mol. The van der Waals surface area contributed by atoms with Gasteiger partial charge in [0, 0.05) is 13.5 Å². The molecule has 0 atom stereocenters. The molecule has 0 spiro atoms. The molecule has 0 aromatic heterocycles. The first-order chi connectivity index (χ1) is 5.09. The van der Waals surface area contributed by atoms with Crippen LogP contribution in [0.15, 0.2) is 0 Å². The van der Waals surface area contributed by atoms with Crippen molar-refractivity contribution in [2.45, 2.75) is 34.1 Å². The smallest absolute Gasteiger partial charge is 0.227 e. The molecule has 0 saturated heterocycles. The van der Waals surface area contributed by atoms with Crippen molar-refractivity contribution >= 4 is 11.7 Å². The summed E-state index contributed by atoms with van der Waals surface area (Å²) in [6.07, 6.45) is 0.465. The van der Waals surface area contributed by atoms with Gasteiger partial charge < -0.3 is 4.90 Å². The lowest BCUT2D eigenvalue weighted by atomic mass is 10.4. The van der Waals surface area contributed by atoms with Crippen molar-refractivity contribution in [3.63, 3.8) is 0 Å². The van der Waals surface area contributed by atoms with E-state index in [2.05, 4.69) is 0 Å². The third kappa shape index (κ3) is 5.58. The minimum absolute atomic E-state index is 0.0116. The van der Waals surface area contributed by atoms with E-state index in [9.17, 15) is 4.79 Å². The van der Waals surface area contributed by atoms with Gasteiger partial charge in [-0.2, -0.15) is 0 Å². The monoisotopic (exact) mass is 158 g/mol. The Morgan fingerprint density at radius 1 is 1.45 bits per heavy atom. The fourth-order valence-electron chi connectivity index (χ4n) is 0.424. The predicted molar refractivity (Wildman–Crippen MR) is 47.8 cm³/mol. The summed E-state index contributed by atoms with van der Waals surface area (Å²) in [7, 11) is 1.61. The molecule has 0 aliphatic rings. The Morgan fingerprint density at radius 2 is 1.82 bits per heavy atom. The van der Waals surface area contributed by atoms with E-state index in [1.54, 1.807) is 20.9 Å². The van der Waals surface area contributed by atoms with Crippen LogP contribution in [0, 0.1) is 5.41 Å². The molecule has 0 aromatic carbocycles. The van der Waals surface area contributed by atoms with Gasteiger partial charge in [-0.05, 0) is 6.92 Å². The number of hydrogen-bond acceptors (Lipinski definition) is 2. The maximum Gasteiger partial charge on any atom is 0.227 e. The van der Waals surface area contributed by atoms with Gasteiger partial charge in [0.2, 0.25) is 5.91 Å². The summed E-state index contributed by atoms with van der Waals surface area (Å²) in [6, 6.07) is 0. The zero-order valence-electron chi connectivity index (χ0n) is 8.06. The van der Waals surface area contributed by atoms with Crippen LogP contribution in [0.25, 0.3) is 0 Å². The second kappa shape index (κ2) is 7.25. The van der Waals surface area contributed by atoms with Crippen molar-refractivity contribution in [2.24, 2.45) is 0 Å². The maximum atomic E-state index is 10.7. The molecule has 0 radical (unpaired) electrons. The second-order valence-electron chi connectivity index (χ2n) is 1.89. The lowest BCUT2D eigenvalue weighted by molar-refractivity contribution is -0.126. The highest BCUT2D eigenvalue weighted by Crippen LogP contribution is 1.88. The van der Waals surface area contributed by atoms with Gasteiger partial charge >= 0.3 is 0 Å². The van der Waals surface area contributed by atoms with E-state index in [0.29, 0.717) is 12.3 Å². The molecule has 0 aliphatic carbocycles. The van der Waals surface area contributed by atoms with E-state index in [4.69, 9.17) is 5.41 Å². The summed E-state index contributed by atoms with van der Waals surface area (Å²) < 4.78 is 0. The Labute approximate surface area is 68.9 Å². The Bertz CT molecular complexity index is 132. The van der Waals surface area contributed by atoms with Gasteiger partial charge in [0.1, 0.15) is 0 Å². The van der Waals surface area contributed by atoms with Crippen LogP contribution >= 0.6 is 0 Å². The first-order valence-electron chi connectivity index (χ1n) is 3.91. The second-order valence-corrected chi connectivity index (χ2v) is 1.89. The number of nitrogens with one attached hydrogen (secondary N) is 1. The van der Waals surface area contributed by atoms with E-state index in [1.165, 1.54) is 4.90 Å². The first-order valence-corrected chi connectivity index (χ1v) is 3.91. The fraction of sp³-hybridized carbons (Fsp3) is 0.750. The third-order valence-corrected chi connectivity index (χ3v) is 1.18. The number of carbonyl (C=O) groups excluding carboxylic acids is 1. The van der Waals surface area contributed by atoms with E-state index in [0.717, 1.165) is 0 Å². The van der Waals surface area contributed by atoms with Crippen LogP contribution in [0.1, 0.15) is 34.1 Å². The van der Waals surface area contributed by atoms with Crippen LogP contribution < -0.4 is 0 Å². The number of hydrogen-bond donors (Lipinski definition) is 1. The summed E-state index contributed by atoms with van der Waals surface area (Å²) in [5.74, 6) is 0.282. The average Bonchev–Trinajstić information content (AvgIpc) is 2.05. The quantitative estimate of drug-likeness (QED) is 0.459. The summed E-state index contributed by atoms with van der Waals surface area (Å²) >= 11 is 0. The van der Waals surface area contributed by atoms with Gasteiger partial charge in [0.15, 0.2) is 0 Å². The molecule has 0 unspecified atom stereocenters. The van der Waals surface area contributed by atoms with E-state index in [-0.39, 0.29) is 5.91 Å². The largest absolute Gasteiger partial charge is 0.304 e. The Morgan fingerprint density at radius 3 is 1.91 bits per heavy atom. The van der Waals surface area contributed by atoms with Gasteiger partial charge in [-0.1, -0.05) is 20.8 Å². The highest BCUT2D eigenvalue weighted by Gasteiger charge is 2.05. The molecule has 3 heteroatoms. The minimum Gasteiger partial charge on any atom is -0.304 e. The standard InChI is InChI=1S/C6H12N2O.C2H6/c1-4-6(9)8(3)5(2)7;1-2/h7H,4H2,1-3H3;1-2H3. The lowest BCUT2D eigenvalue weighted by Gasteiger charge is -2.12. The van der Waals surface area contributed by atoms with Crippen LogP contribution in [0.5, 0.6) is 0 Å². The zero-order valence-corrected chi connectivity index (χ0v) is 8.06. The Hall–Kier alpha value is -0.860. The minimum atomic E-state index is -0.0116. The molecule has 0 bridgehead atoms. The number of amidine groups is 1. The lowest BCUT2D eigenvalue weighted by Crippen LogP contribution is -2.29. The van der Waals surface area contributed by atoms with Crippen LogP contribution in [0.3, 0.4) is 0 Å². The summed E-state index contributed by atoms with van der Waals surface area (Å²) in [5, 5.41) is 7.04. The zero-order chi connectivity index (χ0) is 9.44. The van der Waals surface area contributed by atoms with Gasteiger partial charge in [0.05, 0.1) is 5.84 Å². The third-order valence-electron chi connectivity index (χ3n) is 1.18. The fourth-order valence-corrected chi connectivity index (χ4v) is 0.424. The Kier molecular flexibility index (Phi) is 8.43. The van der Waals surface area contributed by atoms with Crippen molar-refractivity contribution in [2.75, 3.05) is 7.05 Å². The van der Waals surface area contributed by atoms with Gasteiger partial charge in [-0.15, -0.1) is 0 Å². The normalized spacial score (nSPS) is 7.73. The van der Waals surface area contributed by atoms with Crippen LogP contribution in [-0.4, -0.2) is 23.7 Å². The van der Waals surface area contributed by atoms with Gasteiger partial charge in [0.25, 0.3) is 0 Å². The van der Waals surface area contributed by atoms with Crippen molar-refractivity contribution in [3.8, 4) is 0 Å². The van der Waals surface area contributed by atoms with E-state index < -0.39 is 0 Å². The molecule has 3 nitrogen and oxygen atoms in total. The van der Waals surface area contributed by atoms with Crippen LogP contribution in [-0.2, 0) is 4.79 Å². The summed E-state index contributed by atoms with van der Waals surface area (Å²) in [6.45, 7) is 7.37. The highest BCUT2D eigenvalue weighted by atomic mass is 16.2. The number of amides is 1. The van der Waals surface area contributed by atoms with E-state index in [1.807, 2.05) is 13.8 Å². The number of carbonyl (C=O) groups is 1. The molecule has 0 aromatic rings. The predicted octanol–water partition coefficient (Wildman–Crippen LogP) is 1.88. The molecule has 0 heterocycles. The molecule has 11 heavy (non-hydrogen) atoms. The molecule has 66 valence electrons. The summed E-state index contributed by atoms with van der Waals surface area (Å²) in [4.78, 5) is 12.1. The maximum absolute atomic E-state index is 10.7. The van der Waals surface area contributed by atoms with Crippen LogP contribution in [0.4, 0.5) is 0 Å². The molecule has 1 amide bonds. The summed E-state index contributed by atoms with van der Waals surface area (Å²) in [5.41, 5.74) is 0. The van der Waals surface area contributed by atoms with Crippen molar-refractivity contribution in [1.29, 1.82) is 5.41 Å². The highest BCUT2D eigenvalue weighted by molar-refractivity contribution is 5.94. The van der Waals surface area contributed by atoms with E-state index >= 15 is 0 Å². The van der Waals surface area contributed by atoms with Crippen molar-refractivity contribution < 1.29 is 4.79 Å². The first kappa shape index (κ1) is 12.8. The molecule has 0 aliphatic heterocycles. The molecule has 1 N–H and O–H groups in total. The molecule has 0 fully saturated rings. The Balaban J connectivity index is 0. The van der Waals surface area contributed by atoms with Gasteiger partial charge in [-0.25, -0.2) is 0 Å². The number of nitrogens with zero attached hydrogens (tertiary/aromatic N) is 1. The van der Waals surface area contributed by atoms with Gasteiger partial charge in [-0.3, -0.25) is 10.2 Å². The molecule has 0 saturated carbocycles. The van der Waals surface area contributed by atoms with Crippen molar-refractivity contribution in [1.82, 2.24) is 4.90 Å². The van der Waals surface area contributed by atoms with Crippen molar-refractivity contribution in [3.05, 3.63) is 0 Å². The topological polar surface area (TPSA) is 44.2 Å². The van der Waals surface area contributed by atoms with Crippen LogP contribution in [0.2, 0.25) is 0 Å². The molecule has 0 rings (SSSR count). The molecular weight excluding hydrogens is 140 g/mol. The molecular formula is C8H18N2O. The number of rotatable bonds is 1. The SMILES string of the molecule is CC.CCC(=O)N(C)C(C)=N.